The molecule has 4 heteroatoms. The summed E-state index contributed by atoms with van der Waals surface area (Å²) in [5.41, 5.74) is 0. The molecule has 1 rings (SSSR count). The summed E-state index contributed by atoms with van der Waals surface area (Å²) in [4.78, 5) is 4.23. The van der Waals surface area contributed by atoms with Gasteiger partial charge >= 0.3 is 0 Å². The highest BCUT2D eigenvalue weighted by Gasteiger charge is 2.03. The lowest BCUT2D eigenvalue weighted by Crippen LogP contribution is -2.05. The van der Waals surface area contributed by atoms with Crippen molar-refractivity contribution >= 4 is 38.5 Å². The molecule has 0 aliphatic rings. The maximum absolute atomic E-state index is 5.54. The maximum Gasteiger partial charge on any atom is 0.152 e. The van der Waals surface area contributed by atoms with E-state index in [1.807, 2.05) is 12.1 Å². The van der Waals surface area contributed by atoms with E-state index in [2.05, 4.69) is 57.4 Å². The third-order valence-electron chi connectivity index (χ3n) is 1.35. The van der Waals surface area contributed by atoms with Gasteiger partial charge in [-0.1, -0.05) is 13.8 Å². The zero-order valence-electron chi connectivity index (χ0n) is 7.55. The van der Waals surface area contributed by atoms with Crippen LogP contribution in [0.25, 0.3) is 0 Å². The van der Waals surface area contributed by atoms with E-state index in [0.29, 0.717) is 5.92 Å². The maximum atomic E-state index is 5.54. The summed E-state index contributed by atoms with van der Waals surface area (Å²) in [6.45, 7) is 4.96. The van der Waals surface area contributed by atoms with Gasteiger partial charge in [-0.2, -0.15) is 0 Å². The van der Waals surface area contributed by atoms with Gasteiger partial charge in [-0.25, -0.2) is 4.98 Å². The molecule has 0 radical (unpaired) electrons. The average molecular weight is 356 g/mol. The highest BCUT2D eigenvalue weighted by molar-refractivity contribution is 14.1. The molecule has 72 valence electrons. The molecule has 0 amide bonds. The van der Waals surface area contributed by atoms with Crippen LogP contribution in [-0.2, 0) is 0 Å². The molecular formula is C9H11BrINO. The first-order valence-electron chi connectivity index (χ1n) is 4.04. The van der Waals surface area contributed by atoms with Gasteiger partial charge in [-0.15, -0.1) is 0 Å². The summed E-state index contributed by atoms with van der Waals surface area (Å²) < 4.78 is 7.28. The topological polar surface area (TPSA) is 22.1 Å². The molecule has 0 atom stereocenters. The third-order valence-corrected chi connectivity index (χ3v) is 2.52. The summed E-state index contributed by atoms with van der Waals surface area (Å²) in [6.07, 6.45) is 0. The van der Waals surface area contributed by atoms with Crippen LogP contribution in [0.5, 0.6) is 5.75 Å². The highest BCUT2D eigenvalue weighted by Crippen LogP contribution is 2.23. The van der Waals surface area contributed by atoms with E-state index in [-0.39, 0.29) is 0 Å². The van der Waals surface area contributed by atoms with Crippen LogP contribution < -0.4 is 4.74 Å². The predicted octanol–water partition coefficient (Wildman–Crippen LogP) is 3.48. The van der Waals surface area contributed by atoms with Crippen LogP contribution in [0.4, 0.5) is 0 Å². The summed E-state index contributed by atoms with van der Waals surface area (Å²) in [6, 6.07) is 3.86. The Morgan fingerprint density at radius 2 is 2.23 bits per heavy atom. The van der Waals surface area contributed by atoms with E-state index >= 15 is 0 Å². The minimum Gasteiger partial charge on any atom is -0.490 e. The van der Waals surface area contributed by atoms with E-state index in [9.17, 15) is 0 Å². The number of ether oxygens (including phenoxy) is 1. The molecule has 1 aromatic rings. The van der Waals surface area contributed by atoms with Crippen molar-refractivity contribution in [2.24, 2.45) is 5.92 Å². The first kappa shape index (κ1) is 11.2. The summed E-state index contributed by atoms with van der Waals surface area (Å²) in [7, 11) is 0. The van der Waals surface area contributed by atoms with Crippen molar-refractivity contribution in [3.63, 3.8) is 0 Å². The fraction of sp³-hybridized carbons (Fsp3) is 0.444. The number of rotatable bonds is 3. The smallest absolute Gasteiger partial charge is 0.152 e. The molecule has 0 saturated carbocycles. The van der Waals surface area contributed by atoms with Crippen molar-refractivity contribution in [3.8, 4) is 5.75 Å². The number of nitrogens with zero attached hydrogens (tertiary/aromatic N) is 1. The molecule has 0 aromatic carbocycles. The molecule has 1 heterocycles. The fourth-order valence-corrected chi connectivity index (χ4v) is 1.95. The van der Waals surface area contributed by atoms with Crippen LogP contribution in [0.15, 0.2) is 16.7 Å². The van der Waals surface area contributed by atoms with E-state index in [4.69, 9.17) is 4.74 Å². The minimum absolute atomic E-state index is 0.533. The SMILES string of the molecule is CC(C)COc1ccc(I)nc1Br. The van der Waals surface area contributed by atoms with Crippen molar-refractivity contribution < 1.29 is 4.74 Å². The van der Waals surface area contributed by atoms with Crippen molar-refractivity contribution in [2.45, 2.75) is 13.8 Å². The molecule has 0 saturated heterocycles. The average Bonchev–Trinajstić information content (AvgIpc) is 2.02. The van der Waals surface area contributed by atoms with Crippen molar-refractivity contribution in [3.05, 3.63) is 20.4 Å². The summed E-state index contributed by atoms with van der Waals surface area (Å²) in [5, 5.41) is 0. The van der Waals surface area contributed by atoms with Crippen molar-refractivity contribution in [2.75, 3.05) is 6.61 Å². The lowest BCUT2D eigenvalue weighted by Gasteiger charge is -2.09. The zero-order valence-corrected chi connectivity index (χ0v) is 11.3. The van der Waals surface area contributed by atoms with Crippen molar-refractivity contribution in [1.29, 1.82) is 0 Å². The Morgan fingerprint density at radius 3 is 2.77 bits per heavy atom. The molecule has 0 aliphatic heterocycles. The quantitative estimate of drug-likeness (QED) is 0.611. The lowest BCUT2D eigenvalue weighted by molar-refractivity contribution is 0.268. The van der Waals surface area contributed by atoms with Crippen LogP contribution in [0.1, 0.15) is 13.8 Å². The first-order chi connectivity index (χ1) is 6.09. The second-order valence-electron chi connectivity index (χ2n) is 3.13. The van der Waals surface area contributed by atoms with E-state index in [0.717, 1.165) is 20.7 Å². The van der Waals surface area contributed by atoms with Gasteiger partial charge in [-0.3, -0.25) is 0 Å². The first-order valence-corrected chi connectivity index (χ1v) is 5.91. The Hall–Kier alpha value is 0.160. The van der Waals surface area contributed by atoms with Gasteiger partial charge in [0.15, 0.2) is 5.75 Å². The standard InChI is InChI=1S/C9H11BrINO/c1-6(2)5-13-7-3-4-8(11)12-9(7)10/h3-4,6H,5H2,1-2H3. The van der Waals surface area contributed by atoms with Gasteiger partial charge in [0.1, 0.15) is 8.30 Å². The van der Waals surface area contributed by atoms with Crippen LogP contribution >= 0.6 is 38.5 Å². The second-order valence-corrected chi connectivity index (χ2v) is 4.98. The van der Waals surface area contributed by atoms with Crippen LogP contribution in [0, 0.1) is 9.62 Å². The van der Waals surface area contributed by atoms with E-state index in [1.165, 1.54) is 0 Å². The predicted molar refractivity (Wildman–Crippen MR) is 65.0 cm³/mol. The molecule has 0 aliphatic carbocycles. The molecule has 0 spiro atoms. The number of pyridine rings is 1. The number of aromatic nitrogens is 1. The van der Waals surface area contributed by atoms with Crippen molar-refractivity contribution in [1.82, 2.24) is 4.98 Å². The Morgan fingerprint density at radius 1 is 1.54 bits per heavy atom. The van der Waals surface area contributed by atoms with E-state index < -0.39 is 0 Å². The molecule has 2 nitrogen and oxygen atoms in total. The molecule has 0 unspecified atom stereocenters. The van der Waals surface area contributed by atoms with Gasteiger partial charge in [-0.05, 0) is 56.6 Å². The van der Waals surface area contributed by atoms with Gasteiger partial charge in [0.05, 0.1) is 6.61 Å². The van der Waals surface area contributed by atoms with Gasteiger partial charge in [0, 0.05) is 0 Å². The molecule has 0 bridgehead atoms. The summed E-state index contributed by atoms with van der Waals surface area (Å²) >= 11 is 5.52. The number of halogens is 2. The van der Waals surface area contributed by atoms with Gasteiger partial charge in [0.25, 0.3) is 0 Å². The molecule has 13 heavy (non-hydrogen) atoms. The van der Waals surface area contributed by atoms with Gasteiger partial charge in [0.2, 0.25) is 0 Å². The highest BCUT2D eigenvalue weighted by atomic mass is 127. The normalized spacial score (nSPS) is 10.5. The zero-order chi connectivity index (χ0) is 9.84. The van der Waals surface area contributed by atoms with Crippen LogP contribution in [0.2, 0.25) is 0 Å². The lowest BCUT2D eigenvalue weighted by atomic mass is 10.2. The molecule has 1 aromatic heterocycles. The molecular weight excluding hydrogens is 345 g/mol. The summed E-state index contributed by atoms with van der Waals surface area (Å²) in [5.74, 6) is 1.35. The van der Waals surface area contributed by atoms with Crippen LogP contribution in [-0.4, -0.2) is 11.6 Å². The van der Waals surface area contributed by atoms with E-state index in [1.54, 1.807) is 0 Å². The Balaban J connectivity index is 2.67. The molecule has 0 fully saturated rings. The second kappa shape index (κ2) is 5.14. The third kappa shape index (κ3) is 3.81. The van der Waals surface area contributed by atoms with Crippen LogP contribution in [0.3, 0.4) is 0 Å². The monoisotopic (exact) mass is 355 g/mol. The van der Waals surface area contributed by atoms with Gasteiger partial charge < -0.3 is 4.74 Å². The number of hydrogen-bond donors (Lipinski definition) is 0. The fourth-order valence-electron chi connectivity index (χ4n) is 0.763. The Labute approximate surface area is 100 Å². The number of hydrogen-bond acceptors (Lipinski definition) is 2. The Kier molecular flexibility index (Phi) is 4.45. The molecule has 0 N–H and O–H groups in total. The minimum atomic E-state index is 0.533. The Bertz CT molecular complexity index is 291. The largest absolute Gasteiger partial charge is 0.490 e.